The number of halogens is 16. The van der Waals surface area contributed by atoms with Gasteiger partial charge in [-0.05, 0) is 0 Å². The molecule has 2 rings (SSSR count). The third kappa shape index (κ3) is 1.63. The largest absolute Gasteiger partial charge is 0.433 e. The Morgan fingerprint density at radius 3 is 1.08 bits per heavy atom. The van der Waals surface area contributed by atoms with Gasteiger partial charge in [0, 0.05) is 0 Å². The second kappa shape index (κ2) is 4.36. The van der Waals surface area contributed by atoms with Crippen molar-refractivity contribution in [3.63, 3.8) is 0 Å². The molecule has 16 heteroatoms. The number of hydrogen-bond acceptors (Lipinski definition) is 0. The molecule has 0 radical (unpaired) electrons. The predicted octanol–water partition coefficient (Wildman–Crippen LogP) is 5.39. The summed E-state index contributed by atoms with van der Waals surface area (Å²) in [5, 5.41) is 0. The Morgan fingerprint density at radius 2 is 0.731 bits per heavy atom. The van der Waals surface area contributed by atoms with Crippen molar-refractivity contribution < 1.29 is 70.2 Å². The molecule has 0 amide bonds. The Labute approximate surface area is 130 Å². The fourth-order valence-electron chi connectivity index (χ4n) is 2.62. The zero-order valence-corrected chi connectivity index (χ0v) is 11.0. The Morgan fingerprint density at radius 1 is 0.423 bits per heavy atom. The van der Waals surface area contributed by atoms with Crippen molar-refractivity contribution in [2.24, 2.45) is 0 Å². The van der Waals surface area contributed by atoms with E-state index < -0.39 is 58.5 Å². The molecule has 0 aromatic carbocycles. The van der Waals surface area contributed by atoms with E-state index in [1.165, 1.54) is 0 Å². The van der Waals surface area contributed by atoms with Crippen LogP contribution >= 0.6 is 0 Å². The van der Waals surface area contributed by atoms with Gasteiger partial charge in [-0.15, -0.1) is 0 Å². The van der Waals surface area contributed by atoms with E-state index in [-0.39, 0.29) is 0 Å². The van der Waals surface area contributed by atoms with Crippen LogP contribution in [0.3, 0.4) is 0 Å². The minimum absolute atomic E-state index is 4.74. The highest BCUT2D eigenvalue weighted by molar-refractivity contribution is 5.56. The monoisotopic (exact) mass is 424 g/mol. The van der Waals surface area contributed by atoms with Crippen LogP contribution in [0.5, 0.6) is 0 Å². The first-order chi connectivity index (χ1) is 11.0. The quantitative estimate of drug-likeness (QED) is 0.362. The molecular formula is C10F16. The predicted molar refractivity (Wildman–Crippen MR) is 46.6 cm³/mol. The minimum atomic E-state index is -7.85. The summed E-state index contributed by atoms with van der Waals surface area (Å²) >= 11 is 0. The molecule has 26 heavy (non-hydrogen) atoms. The van der Waals surface area contributed by atoms with E-state index >= 15 is 0 Å². The molecule has 1 unspecified atom stereocenters. The van der Waals surface area contributed by atoms with Gasteiger partial charge in [-0.2, -0.15) is 65.9 Å². The Kier molecular flexibility index (Phi) is 3.51. The van der Waals surface area contributed by atoms with E-state index in [0.717, 1.165) is 0 Å². The van der Waals surface area contributed by atoms with Gasteiger partial charge in [0.1, 0.15) is 0 Å². The van der Waals surface area contributed by atoms with Gasteiger partial charge in [0.05, 0.1) is 11.1 Å². The van der Waals surface area contributed by atoms with Crippen molar-refractivity contribution in [3.8, 4) is 0 Å². The summed E-state index contributed by atoms with van der Waals surface area (Å²) in [6.07, 6.45) is -7.68. The van der Waals surface area contributed by atoms with Gasteiger partial charge in [0.25, 0.3) is 0 Å². The summed E-state index contributed by atoms with van der Waals surface area (Å²) in [5.74, 6) is -44.8. The van der Waals surface area contributed by atoms with E-state index in [0.29, 0.717) is 0 Å². The van der Waals surface area contributed by atoms with Crippen LogP contribution in [0.25, 0.3) is 0 Å². The summed E-state index contributed by atoms with van der Waals surface area (Å²) < 4.78 is 211. The van der Waals surface area contributed by atoms with Crippen molar-refractivity contribution in [2.75, 3.05) is 0 Å². The molecule has 1 atom stereocenters. The van der Waals surface area contributed by atoms with Crippen molar-refractivity contribution in [1.29, 1.82) is 0 Å². The summed E-state index contributed by atoms with van der Waals surface area (Å²) in [4.78, 5) is 0. The van der Waals surface area contributed by atoms with Crippen LogP contribution in [-0.4, -0.2) is 47.4 Å². The molecule has 0 fully saturated rings. The summed E-state index contributed by atoms with van der Waals surface area (Å²) in [7, 11) is 0. The molecule has 0 spiro atoms. The van der Waals surface area contributed by atoms with Crippen molar-refractivity contribution >= 4 is 0 Å². The maximum atomic E-state index is 13.9. The lowest BCUT2D eigenvalue weighted by Crippen LogP contribution is -2.74. The maximum Gasteiger partial charge on any atom is 0.433 e. The van der Waals surface area contributed by atoms with E-state index in [4.69, 9.17) is 0 Å². The third-order valence-corrected chi connectivity index (χ3v) is 3.94. The lowest BCUT2D eigenvalue weighted by Gasteiger charge is -2.47. The summed E-state index contributed by atoms with van der Waals surface area (Å²) in [6.45, 7) is 0. The van der Waals surface area contributed by atoms with Gasteiger partial charge in [-0.25, -0.2) is 4.39 Å². The first-order valence-corrected chi connectivity index (χ1v) is 5.77. The molecular weight excluding hydrogens is 424 g/mol. The first kappa shape index (κ1) is 20.9. The van der Waals surface area contributed by atoms with Crippen LogP contribution in [0.15, 0.2) is 11.1 Å². The highest BCUT2D eigenvalue weighted by Gasteiger charge is 3.00. The lowest BCUT2D eigenvalue weighted by atomic mass is 9.72. The molecule has 152 valence electrons. The molecule has 0 aromatic rings. The van der Waals surface area contributed by atoms with E-state index in [2.05, 4.69) is 0 Å². The minimum Gasteiger partial charge on any atom is -0.221 e. The Bertz CT molecular complexity index is 678. The van der Waals surface area contributed by atoms with Gasteiger partial charge >= 0.3 is 47.4 Å². The smallest absolute Gasteiger partial charge is 0.221 e. The fourth-order valence-corrected chi connectivity index (χ4v) is 2.62. The zero-order chi connectivity index (χ0) is 21.2. The second-order valence-electron chi connectivity index (χ2n) is 5.35. The molecule has 0 heterocycles. The Balaban J connectivity index is 3.18. The van der Waals surface area contributed by atoms with Crippen molar-refractivity contribution in [1.82, 2.24) is 0 Å². The highest BCUT2D eigenvalue weighted by atomic mass is 19.4. The number of hydrogen-bond donors (Lipinski definition) is 0. The molecule has 0 aromatic heterocycles. The normalized spacial score (nSPS) is 36.0. The van der Waals surface area contributed by atoms with Gasteiger partial charge in [0.2, 0.25) is 0 Å². The zero-order valence-electron chi connectivity index (χ0n) is 11.0. The number of alkyl halides is 16. The van der Waals surface area contributed by atoms with Crippen LogP contribution in [0, 0.1) is 0 Å². The topological polar surface area (TPSA) is 0 Å². The van der Waals surface area contributed by atoms with Crippen molar-refractivity contribution in [2.45, 2.75) is 47.4 Å². The molecule has 0 nitrogen and oxygen atoms in total. The Hall–Kier alpha value is -1.38. The summed E-state index contributed by atoms with van der Waals surface area (Å²) in [5.41, 5.74) is -17.2. The molecule has 2 aliphatic rings. The second-order valence-corrected chi connectivity index (χ2v) is 5.35. The summed E-state index contributed by atoms with van der Waals surface area (Å²) in [6, 6.07) is 0. The van der Waals surface area contributed by atoms with Gasteiger partial charge in [-0.1, -0.05) is 0 Å². The van der Waals surface area contributed by atoms with Crippen LogP contribution in [0.2, 0.25) is 0 Å². The molecule has 0 saturated carbocycles. The lowest BCUT2D eigenvalue weighted by molar-refractivity contribution is -0.387. The van der Waals surface area contributed by atoms with E-state index in [1.54, 1.807) is 0 Å². The SMILES string of the molecule is FC(F)(F)C1(F)C2=C(C(F)(F)C(F)(F)C2(F)F)C(F)(F)C(F)(F)C1(F)F. The molecule has 0 saturated heterocycles. The highest BCUT2D eigenvalue weighted by Crippen LogP contribution is 2.75. The molecule has 2 aliphatic carbocycles. The maximum absolute atomic E-state index is 13.9. The third-order valence-electron chi connectivity index (χ3n) is 3.94. The van der Waals surface area contributed by atoms with E-state index in [1.807, 2.05) is 0 Å². The fraction of sp³-hybridized carbons (Fsp3) is 0.800. The average Bonchev–Trinajstić information content (AvgIpc) is 2.49. The van der Waals surface area contributed by atoms with Crippen LogP contribution < -0.4 is 0 Å². The van der Waals surface area contributed by atoms with Gasteiger partial charge < -0.3 is 0 Å². The number of rotatable bonds is 0. The van der Waals surface area contributed by atoms with Crippen molar-refractivity contribution in [3.05, 3.63) is 11.1 Å². The molecule has 0 bridgehead atoms. The standard InChI is InChI=1S/C10F16/c11-3(10(24,25)26)1-2(5(14,15)8(20,21)4(1,12)13)6(16,17)9(22,23)7(3,18)19. The van der Waals surface area contributed by atoms with Gasteiger partial charge in [-0.3, -0.25) is 0 Å². The van der Waals surface area contributed by atoms with Crippen LogP contribution in [0.1, 0.15) is 0 Å². The molecule has 0 N–H and O–H groups in total. The molecule has 0 aliphatic heterocycles. The first-order valence-electron chi connectivity index (χ1n) is 5.77. The van der Waals surface area contributed by atoms with E-state index in [9.17, 15) is 70.2 Å². The van der Waals surface area contributed by atoms with Crippen LogP contribution in [-0.2, 0) is 0 Å². The average molecular weight is 424 g/mol. The van der Waals surface area contributed by atoms with Gasteiger partial charge in [0.15, 0.2) is 0 Å². The number of allylic oxidation sites excluding steroid dienone is 2. The van der Waals surface area contributed by atoms with Crippen LogP contribution in [0.4, 0.5) is 70.2 Å².